The van der Waals surface area contributed by atoms with Gasteiger partial charge in [0.2, 0.25) is 0 Å². The van der Waals surface area contributed by atoms with Crippen molar-refractivity contribution in [3.05, 3.63) is 12.2 Å². The van der Waals surface area contributed by atoms with Gasteiger partial charge in [-0.15, -0.1) is 0 Å². The summed E-state index contributed by atoms with van der Waals surface area (Å²) in [5.41, 5.74) is 0.734. The minimum absolute atomic E-state index is 0.0223. The SMILES string of the molecule is C=C1[C@H]2CC3([C@@H]1O)[C@@H]1C[C@@H]4[C@]5(C)CC[C@H](OC(C)=O)[C@@]4(C1N(CC)C5)[C@@H]3C[C@@H]2O. The molecule has 0 radical (unpaired) electrons. The van der Waals surface area contributed by atoms with Crippen LogP contribution in [0.5, 0.6) is 0 Å². The Kier molecular flexibility index (Phi) is 3.55. The third-order valence-electron chi connectivity index (χ3n) is 10.8. The van der Waals surface area contributed by atoms with Gasteiger partial charge in [0.05, 0.1) is 12.2 Å². The summed E-state index contributed by atoms with van der Waals surface area (Å²) >= 11 is 0. The van der Waals surface area contributed by atoms with Gasteiger partial charge in [0, 0.05) is 36.3 Å². The number of fused-ring (bicyclic) bond motifs is 1. The molecule has 1 saturated heterocycles. The molecule has 6 fully saturated rings. The van der Waals surface area contributed by atoms with Crippen LogP contribution in [-0.2, 0) is 9.53 Å². The summed E-state index contributed by atoms with van der Waals surface area (Å²) in [7, 11) is 0. The minimum atomic E-state index is -0.537. The van der Waals surface area contributed by atoms with Crippen LogP contribution in [0.4, 0.5) is 0 Å². The number of aliphatic hydroxyl groups is 2. The molecule has 5 nitrogen and oxygen atoms in total. The van der Waals surface area contributed by atoms with Crippen molar-refractivity contribution in [3.8, 4) is 0 Å². The number of ether oxygens (including phenoxy) is 1. The Morgan fingerprint density at radius 3 is 2.76 bits per heavy atom. The monoisotopic (exact) mass is 401 g/mol. The molecule has 0 aromatic carbocycles. The Bertz CT molecular complexity index is 798. The van der Waals surface area contributed by atoms with Gasteiger partial charge in [-0.1, -0.05) is 20.4 Å². The van der Waals surface area contributed by atoms with Gasteiger partial charge >= 0.3 is 5.97 Å². The van der Waals surface area contributed by atoms with Gasteiger partial charge in [-0.05, 0) is 67.4 Å². The van der Waals surface area contributed by atoms with Gasteiger partial charge in [-0.2, -0.15) is 0 Å². The summed E-state index contributed by atoms with van der Waals surface area (Å²) in [6.45, 7) is 12.6. The standard InChI is InChI=1S/C24H35NO4/c1-5-25-11-22(4)7-6-19(29-13(3)26)24-17(22)8-15(20(24)25)23-10-14(12(2)21(23)28)16(27)9-18(23)24/h14-21,27-28H,2,5-11H2,1,3-4H3/t14-,15-,16+,17-,18-,19+,20?,21-,22-,23?,24+/m1/s1. The van der Waals surface area contributed by atoms with Gasteiger partial charge in [0.15, 0.2) is 0 Å². The highest BCUT2D eigenvalue weighted by Gasteiger charge is 2.85. The molecule has 2 unspecified atom stereocenters. The zero-order chi connectivity index (χ0) is 20.5. The topological polar surface area (TPSA) is 70.0 Å². The molecular weight excluding hydrogens is 366 g/mol. The van der Waals surface area contributed by atoms with Gasteiger partial charge in [-0.25, -0.2) is 0 Å². The molecule has 5 aliphatic carbocycles. The van der Waals surface area contributed by atoms with Crippen molar-refractivity contribution in [1.29, 1.82) is 0 Å². The van der Waals surface area contributed by atoms with Crippen molar-refractivity contribution in [2.24, 2.45) is 39.9 Å². The summed E-state index contributed by atoms with van der Waals surface area (Å²) in [5, 5.41) is 22.6. The number of aliphatic hydroxyl groups excluding tert-OH is 2. The fourth-order valence-electron chi connectivity index (χ4n) is 10.3. The lowest BCUT2D eigenvalue weighted by atomic mass is 9.43. The molecule has 1 heterocycles. The number of nitrogens with zero attached hydrogens (tertiary/aromatic N) is 1. The molecule has 0 aromatic rings. The maximum atomic E-state index is 12.2. The second-order valence-electron chi connectivity index (χ2n) is 11.4. The van der Waals surface area contributed by atoms with Crippen LogP contribution in [0.25, 0.3) is 0 Å². The number of hydrogen-bond donors (Lipinski definition) is 2. The molecule has 11 atom stereocenters. The van der Waals surface area contributed by atoms with E-state index in [2.05, 4.69) is 25.3 Å². The molecule has 2 spiro atoms. The first kappa shape index (κ1) is 18.8. The Hall–Kier alpha value is -0.910. The maximum absolute atomic E-state index is 12.2. The number of carbonyl (C=O) groups is 1. The second kappa shape index (κ2) is 5.46. The molecule has 1 aliphatic heterocycles. The zero-order valence-corrected chi connectivity index (χ0v) is 17.9. The van der Waals surface area contributed by atoms with Crippen LogP contribution in [0.3, 0.4) is 0 Å². The van der Waals surface area contributed by atoms with Crippen molar-refractivity contribution in [3.63, 3.8) is 0 Å². The fourth-order valence-corrected chi connectivity index (χ4v) is 10.3. The Morgan fingerprint density at radius 2 is 2.07 bits per heavy atom. The molecule has 7 bridgehead atoms. The fraction of sp³-hybridized carbons (Fsp3) is 0.875. The van der Waals surface area contributed by atoms with Crippen molar-refractivity contribution in [2.45, 2.75) is 77.2 Å². The Morgan fingerprint density at radius 1 is 1.31 bits per heavy atom. The third-order valence-corrected chi connectivity index (χ3v) is 10.8. The minimum Gasteiger partial charge on any atom is -0.462 e. The maximum Gasteiger partial charge on any atom is 0.302 e. The van der Waals surface area contributed by atoms with Crippen molar-refractivity contribution >= 4 is 5.97 Å². The van der Waals surface area contributed by atoms with Gasteiger partial charge in [0.25, 0.3) is 0 Å². The quantitative estimate of drug-likeness (QED) is 0.549. The summed E-state index contributed by atoms with van der Waals surface area (Å²) in [6.07, 6.45) is 3.63. The summed E-state index contributed by atoms with van der Waals surface area (Å²) in [4.78, 5) is 14.8. The third kappa shape index (κ3) is 1.81. The van der Waals surface area contributed by atoms with E-state index in [-0.39, 0.29) is 40.2 Å². The number of rotatable bonds is 2. The van der Waals surface area contributed by atoms with E-state index in [9.17, 15) is 15.0 Å². The molecule has 160 valence electrons. The Balaban J connectivity index is 1.59. The smallest absolute Gasteiger partial charge is 0.302 e. The van der Waals surface area contributed by atoms with Crippen LogP contribution in [0, 0.1) is 39.9 Å². The predicted molar refractivity (Wildman–Crippen MR) is 108 cm³/mol. The van der Waals surface area contributed by atoms with Crippen LogP contribution in [-0.4, -0.2) is 58.5 Å². The zero-order valence-electron chi connectivity index (χ0n) is 17.9. The number of piperidine rings is 1. The first-order valence-electron chi connectivity index (χ1n) is 11.7. The number of esters is 1. The average Bonchev–Trinajstić information content (AvgIpc) is 3.18. The van der Waals surface area contributed by atoms with E-state index in [1.807, 2.05) is 0 Å². The van der Waals surface area contributed by atoms with Crippen LogP contribution in [0.15, 0.2) is 12.2 Å². The second-order valence-corrected chi connectivity index (χ2v) is 11.4. The van der Waals surface area contributed by atoms with Gasteiger partial charge in [0.1, 0.15) is 6.10 Å². The van der Waals surface area contributed by atoms with E-state index < -0.39 is 12.2 Å². The number of likely N-dealkylation sites (tertiary alicyclic amines) is 1. The molecular formula is C24H35NO4. The van der Waals surface area contributed by atoms with E-state index in [1.54, 1.807) is 0 Å². The van der Waals surface area contributed by atoms with Crippen molar-refractivity contribution in [1.82, 2.24) is 4.90 Å². The molecule has 5 saturated carbocycles. The highest BCUT2D eigenvalue weighted by atomic mass is 16.5. The van der Waals surface area contributed by atoms with E-state index >= 15 is 0 Å². The van der Waals surface area contributed by atoms with E-state index in [0.29, 0.717) is 17.9 Å². The van der Waals surface area contributed by atoms with E-state index in [1.165, 1.54) is 6.92 Å². The van der Waals surface area contributed by atoms with E-state index in [4.69, 9.17) is 4.74 Å². The number of carbonyl (C=O) groups excluding carboxylic acids is 1. The molecule has 0 aromatic heterocycles. The summed E-state index contributed by atoms with van der Waals surface area (Å²) < 4.78 is 6.11. The van der Waals surface area contributed by atoms with Crippen LogP contribution in [0.2, 0.25) is 0 Å². The summed E-state index contributed by atoms with van der Waals surface area (Å²) in [5.74, 6) is 0.937. The Labute approximate surface area is 173 Å². The molecule has 2 N–H and O–H groups in total. The summed E-state index contributed by atoms with van der Waals surface area (Å²) in [6, 6.07) is 0.340. The lowest BCUT2D eigenvalue weighted by Gasteiger charge is -2.65. The molecule has 5 heteroatoms. The lowest BCUT2D eigenvalue weighted by molar-refractivity contribution is -0.228. The molecule has 29 heavy (non-hydrogen) atoms. The molecule has 6 aliphatic rings. The first-order valence-corrected chi connectivity index (χ1v) is 11.7. The molecule has 0 amide bonds. The van der Waals surface area contributed by atoms with Gasteiger partial charge < -0.3 is 14.9 Å². The normalized spacial score (nSPS) is 59.7. The van der Waals surface area contributed by atoms with Crippen molar-refractivity contribution < 1.29 is 19.7 Å². The predicted octanol–water partition coefficient (Wildman–Crippen LogP) is 2.36. The molecule has 6 rings (SSSR count). The highest BCUT2D eigenvalue weighted by molar-refractivity contribution is 5.66. The van der Waals surface area contributed by atoms with Crippen LogP contribution >= 0.6 is 0 Å². The van der Waals surface area contributed by atoms with E-state index in [0.717, 1.165) is 50.8 Å². The van der Waals surface area contributed by atoms with Crippen LogP contribution < -0.4 is 0 Å². The first-order chi connectivity index (χ1) is 13.7. The lowest BCUT2D eigenvalue weighted by Crippen LogP contribution is -2.69. The van der Waals surface area contributed by atoms with Crippen molar-refractivity contribution in [2.75, 3.05) is 13.1 Å². The van der Waals surface area contributed by atoms with Crippen LogP contribution in [0.1, 0.15) is 52.9 Å². The average molecular weight is 402 g/mol. The highest BCUT2D eigenvalue weighted by Crippen LogP contribution is 2.83. The van der Waals surface area contributed by atoms with Gasteiger partial charge in [-0.3, -0.25) is 9.69 Å². The largest absolute Gasteiger partial charge is 0.462 e. The number of hydrogen-bond acceptors (Lipinski definition) is 5.